The molecule has 0 spiro atoms. The van der Waals surface area contributed by atoms with Crippen molar-refractivity contribution in [2.45, 2.75) is 43.9 Å². The summed E-state index contributed by atoms with van der Waals surface area (Å²) >= 11 is 1.65. The Kier molecular flexibility index (Phi) is 4.34. The molecular weight excluding hydrogens is 320 g/mol. The number of thiophene rings is 1. The van der Waals surface area contributed by atoms with Gasteiger partial charge in [-0.3, -0.25) is 4.79 Å². The third-order valence-electron chi connectivity index (χ3n) is 4.80. The molecular formula is C19H20N2O2S. The number of carbonyl (C=O) groups is 1. The molecule has 2 bridgehead atoms. The fraction of sp³-hybridized carbons (Fsp3) is 0.368. The zero-order chi connectivity index (χ0) is 16.4. The molecule has 4 nitrogen and oxygen atoms in total. The van der Waals surface area contributed by atoms with Crippen LogP contribution in [0.4, 0.5) is 0 Å². The number of hydrogen-bond acceptors (Lipinski definition) is 4. The van der Waals surface area contributed by atoms with Gasteiger partial charge in [-0.05, 0) is 36.4 Å². The van der Waals surface area contributed by atoms with Gasteiger partial charge in [0, 0.05) is 48.1 Å². The summed E-state index contributed by atoms with van der Waals surface area (Å²) in [6.07, 6.45) is 9.48. The molecule has 2 fully saturated rings. The van der Waals surface area contributed by atoms with Crippen molar-refractivity contribution in [2.75, 3.05) is 0 Å². The lowest BCUT2D eigenvalue weighted by atomic mass is 9.99. The smallest absolute Gasteiger partial charge is 0.247 e. The lowest BCUT2D eigenvalue weighted by Crippen LogP contribution is -2.48. The molecule has 0 aliphatic carbocycles. The molecule has 2 aliphatic rings. The number of pyridine rings is 1. The number of aromatic nitrogens is 1. The van der Waals surface area contributed by atoms with Gasteiger partial charge in [0.15, 0.2) is 0 Å². The third kappa shape index (κ3) is 3.22. The highest BCUT2D eigenvalue weighted by Crippen LogP contribution is 2.37. The van der Waals surface area contributed by atoms with Crippen LogP contribution in [0.2, 0.25) is 0 Å². The first-order valence-corrected chi connectivity index (χ1v) is 9.29. The van der Waals surface area contributed by atoms with Crippen LogP contribution in [0.5, 0.6) is 5.88 Å². The number of carbonyl (C=O) groups excluding carboxylic acids is 1. The van der Waals surface area contributed by atoms with Crippen molar-refractivity contribution in [3.05, 3.63) is 52.9 Å². The molecule has 24 heavy (non-hydrogen) atoms. The van der Waals surface area contributed by atoms with E-state index in [1.807, 2.05) is 41.8 Å². The van der Waals surface area contributed by atoms with Gasteiger partial charge >= 0.3 is 0 Å². The van der Waals surface area contributed by atoms with Crippen LogP contribution >= 0.6 is 11.3 Å². The van der Waals surface area contributed by atoms with Crippen molar-refractivity contribution in [2.24, 2.45) is 0 Å². The second-order valence-electron chi connectivity index (χ2n) is 6.36. The highest BCUT2D eigenvalue weighted by molar-refractivity contribution is 7.10. The SMILES string of the molecule is O=C(C=Cc1cccs1)N1C2CCC1CC(Oc1ccccn1)C2. The van der Waals surface area contributed by atoms with Gasteiger partial charge in [0.2, 0.25) is 11.8 Å². The fourth-order valence-electron chi connectivity index (χ4n) is 3.80. The lowest BCUT2D eigenvalue weighted by Gasteiger charge is -2.38. The number of nitrogens with zero attached hydrogens (tertiary/aromatic N) is 2. The molecule has 124 valence electrons. The van der Waals surface area contributed by atoms with Crippen molar-refractivity contribution >= 4 is 23.3 Å². The van der Waals surface area contributed by atoms with E-state index in [0.29, 0.717) is 5.88 Å². The average Bonchev–Trinajstić information content (AvgIpc) is 3.20. The highest BCUT2D eigenvalue weighted by atomic mass is 32.1. The summed E-state index contributed by atoms with van der Waals surface area (Å²) in [5.74, 6) is 0.812. The van der Waals surface area contributed by atoms with E-state index in [1.54, 1.807) is 23.6 Å². The second-order valence-corrected chi connectivity index (χ2v) is 7.34. The maximum atomic E-state index is 12.6. The number of piperidine rings is 1. The van der Waals surface area contributed by atoms with Crippen LogP contribution in [0.15, 0.2) is 48.0 Å². The van der Waals surface area contributed by atoms with Gasteiger partial charge in [0.25, 0.3) is 0 Å². The molecule has 2 aromatic rings. The molecule has 5 heteroatoms. The zero-order valence-electron chi connectivity index (χ0n) is 13.4. The van der Waals surface area contributed by atoms with Crippen LogP contribution in [0.25, 0.3) is 6.08 Å². The summed E-state index contributed by atoms with van der Waals surface area (Å²) in [4.78, 5) is 20.0. The van der Waals surface area contributed by atoms with E-state index < -0.39 is 0 Å². The first-order chi connectivity index (χ1) is 11.8. The van der Waals surface area contributed by atoms with E-state index in [0.717, 1.165) is 30.6 Å². The minimum absolute atomic E-state index is 0.132. The van der Waals surface area contributed by atoms with Crippen molar-refractivity contribution in [3.8, 4) is 5.88 Å². The highest BCUT2D eigenvalue weighted by Gasteiger charge is 2.43. The van der Waals surface area contributed by atoms with E-state index in [9.17, 15) is 4.79 Å². The van der Waals surface area contributed by atoms with Crippen LogP contribution in [-0.4, -0.2) is 34.0 Å². The molecule has 4 rings (SSSR count). The summed E-state index contributed by atoms with van der Waals surface area (Å²) in [5.41, 5.74) is 0. The summed E-state index contributed by atoms with van der Waals surface area (Å²) in [5, 5.41) is 2.02. The van der Waals surface area contributed by atoms with Gasteiger partial charge in [-0.15, -0.1) is 11.3 Å². The molecule has 2 atom stereocenters. The number of fused-ring (bicyclic) bond motifs is 2. The molecule has 2 saturated heterocycles. The zero-order valence-corrected chi connectivity index (χ0v) is 14.2. The van der Waals surface area contributed by atoms with E-state index in [4.69, 9.17) is 4.74 Å². The van der Waals surface area contributed by atoms with Crippen LogP contribution in [0.1, 0.15) is 30.6 Å². The van der Waals surface area contributed by atoms with Gasteiger partial charge in [-0.1, -0.05) is 12.1 Å². The first-order valence-electron chi connectivity index (χ1n) is 8.41. The number of hydrogen-bond donors (Lipinski definition) is 0. The van der Waals surface area contributed by atoms with Crippen LogP contribution in [-0.2, 0) is 4.79 Å². The molecule has 0 aromatic carbocycles. The monoisotopic (exact) mass is 340 g/mol. The first kappa shape index (κ1) is 15.4. The van der Waals surface area contributed by atoms with Gasteiger partial charge in [0.05, 0.1) is 0 Å². The molecule has 1 amide bonds. The van der Waals surface area contributed by atoms with Gasteiger partial charge < -0.3 is 9.64 Å². The molecule has 2 aliphatic heterocycles. The molecule has 0 N–H and O–H groups in total. The third-order valence-corrected chi connectivity index (χ3v) is 5.64. The summed E-state index contributed by atoms with van der Waals surface area (Å²) in [6, 6.07) is 10.3. The normalized spacial score (nSPS) is 26.0. The van der Waals surface area contributed by atoms with Gasteiger partial charge in [-0.25, -0.2) is 4.98 Å². The van der Waals surface area contributed by atoms with Crippen molar-refractivity contribution in [1.29, 1.82) is 0 Å². The summed E-state index contributed by atoms with van der Waals surface area (Å²) in [6.45, 7) is 0. The molecule has 0 saturated carbocycles. The summed E-state index contributed by atoms with van der Waals surface area (Å²) in [7, 11) is 0. The summed E-state index contributed by atoms with van der Waals surface area (Å²) < 4.78 is 6.02. The maximum Gasteiger partial charge on any atom is 0.247 e. The Morgan fingerprint density at radius 3 is 2.71 bits per heavy atom. The quantitative estimate of drug-likeness (QED) is 0.796. The number of ether oxygens (including phenoxy) is 1. The van der Waals surface area contributed by atoms with E-state index >= 15 is 0 Å². The minimum Gasteiger partial charge on any atom is -0.474 e. The molecule has 0 radical (unpaired) electrons. The Bertz CT molecular complexity index is 700. The predicted molar refractivity (Wildman–Crippen MR) is 94.9 cm³/mol. The topological polar surface area (TPSA) is 42.4 Å². The van der Waals surface area contributed by atoms with E-state index in [2.05, 4.69) is 9.88 Å². The van der Waals surface area contributed by atoms with Crippen LogP contribution < -0.4 is 4.74 Å². The van der Waals surface area contributed by atoms with E-state index in [1.165, 1.54) is 0 Å². The average molecular weight is 340 g/mol. The standard InChI is InChI=1S/C19H20N2O2S/c22-19(9-8-17-4-3-11-24-17)21-14-6-7-15(21)13-16(12-14)23-18-5-1-2-10-20-18/h1-5,8-11,14-16H,6-7,12-13H2. The van der Waals surface area contributed by atoms with Crippen molar-refractivity contribution in [3.63, 3.8) is 0 Å². The van der Waals surface area contributed by atoms with Crippen molar-refractivity contribution in [1.82, 2.24) is 9.88 Å². The number of amides is 1. The Labute approximate surface area is 145 Å². The van der Waals surface area contributed by atoms with Crippen molar-refractivity contribution < 1.29 is 9.53 Å². The van der Waals surface area contributed by atoms with Crippen LogP contribution in [0, 0.1) is 0 Å². The lowest BCUT2D eigenvalue weighted by molar-refractivity contribution is -0.131. The molecule has 4 heterocycles. The Morgan fingerprint density at radius 2 is 2.04 bits per heavy atom. The van der Waals surface area contributed by atoms with Gasteiger partial charge in [-0.2, -0.15) is 0 Å². The molecule has 2 aromatic heterocycles. The Balaban J connectivity index is 1.40. The predicted octanol–water partition coefficient (Wildman–Crippen LogP) is 3.76. The molecule has 2 unspecified atom stereocenters. The Hall–Kier alpha value is -2.14. The maximum absolute atomic E-state index is 12.6. The Morgan fingerprint density at radius 1 is 1.21 bits per heavy atom. The minimum atomic E-state index is 0.132. The van der Waals surface area contributed by atoms with Gasteiger partial charge in [0.1, 0.15) is 6.10 Å². The largest absolute Gasteiger partial charge is 0.474 e. The second kappa shape index (κ2) is 6.77. The fourth-order valence-corrected chi connectivity index (χ4v) is 4.41. The van der Waals surface area contributed by atoms with Crippen LogP contribution in [0.3, 0.4) is 0 Å². The number of rotatable bonds is 4. The van der Waals surface area contributed by atoms with E-state index in [-0.39, 0.29) is 24.1 Å².